The molecule has 0 bridgehead atoms. The summed E-state index contributed by atoms with van der Waals surface area (Å²) in [5.41, 5.74) is 0. The molecular formula is C20H41Cl2NaO7STi. The molecule has 0 aromatic rings. The van der Waals surface area contributed by atoms with Gasteiger partial charge in [-0.15, -0.1) is 24.8 Å². The third-order valence-corrected chi connectivity index (χ3v) is 6.08. The molecule has 0 aromatic heterocycles. The number of hydrogen-bond acceptors (Lipinski definition) is 6. The molecule has 7 nitrogen and oxygen atoms in total. The summed E-state index contributed by atoms with van der Waals surface area (Å²) < 4.78 is 42.8. The Balaban J connectivity index is -0.000000607. The summed E-state index contributed by atoms with van der Waals surface area (Å²) in [6, 6.07) is 0. The maximum absolute atomic E-state index is 12.2. The Kier molecular flexibility index (Phi) is 34.1. The molecule has 0 radical (unpaired) electrons. The van der Waals surface area contributed by atoms with Gasteiger partial charge in [0, 0.05) is 21.7 Å². The minimum absolute atomic E-state index is 0. The van der Waals surface area contributed by atoms with E-state index in [1.54, 1.807) is 0 Å². The second-order valence-corrected chi connectivity index (χ2v) is 8.95. The molecule has 0 fully saturated rings. The van der Waals surface area contributed by atoms with E-state index in [0.29, 0.717) is 0 Å². The molecule has 1 N–H and O–H groups in total. The third kappa shape index (κ3) is 20.5. The van der Waals surface area contributed by atoms with Crippen LogP contribution in [0, 0.1) is 11.8 Å². The number of unbranched alkanes of at least 4 members (excludes halogenated alkanes) is 2. The summed E-state index contributed by atoms with van der Waals surface area (Å²) in [7, 11) is -4.76. The van der Waals surface area contributed by atoms with E-state index in [4.69, 9.17) is 9.47 Å². The van der Waals surface area contributed by atoms with Crippen LogP contribution in [0.2, 0.25) is 0 Å². The number of carbonyl (C=O) groups is 2. The van der Waals surface area contributed by atoms with Gasteiger partial charge in [-0.25, -0.2) is 0 Å². The van der Waals surface area contributed by atoms with Gasteiger partial charge in [-0.3, -0.25) is 14.1 Å². The van der Waals surface area contributed by atoms with Crippen LogP contribution in [0.5, 0.6) is 0 Å². The summed E-state index contributed by atoms with van der Waals surface area (Å²) >= 11 is 0. The first-order valence-corrected chi connectivity index (χ1v) is 12.0. The van der Waals surface area contributed by atoms with Crippen molar-refractivity contribution in [3.8, 4) is 0 Å². The third-order valence-electron chi connectivity index (χ3n) is 5.00. The van der Waals surface area contributed by atoms with Crippen LogP contribution in [0.3, 0.4) is 0 Å². The van der Waals surface area contributed by atoms with E-state index in [1.165, 1.54) is 0 Å². The van der Waals surface area contributed by atoms with Crippen molar-refractivity contribution in [1.82, 2.24) is 0 Å². The van der Waals surface area contributed by atoms with Crippen molar-refractivity contribution in [3.63, 3.8) is 0 Å². The van der Waals surface area contributed by atoms with Crippen LogP contribution in [0.15, 0.2) is 0 Å². The van der Waals surface area contributed by atoms with Crippen LogP contribution in [-0.2, 0) is 50.9 Å². The maximum Gasteiger partial charge on any atom is 0 e. The molecule has 32 heavy (non-hydrogen) atoms. The average Bonchev–Trinajstić information content (AvgIpc) is 2.65. The van der Waals surface area contributed by atoms with Crippen molar-refractivity contribution in [1.29, 1.82) is 0 Å². The minimum Gasteiger partial charge on any atom is 0 e. The van der Waals surface area contributed by atoms with Crippen LogP contribution in [0.1, 0.15) is 85.5 Å². The molecule has 3 unspecified atom stereocenters. The summed E-state index contributed by atoms with van der Waals surface area (Å²) in [6.07, 6.45) is 6.74. The Morgan fingerprint density at radius 3 is 1.59 bits per heavy atom. The van der Waals surface area contributed by atoms with Crippen molar-refractivity contribution in [2.75, 3.05) is 13.2 Å². The SMILES string of the molecule is CCCCC(CC)COC(=O)CC(C(=O)OCC(CC)CCCC)S(=O)(=O)O.Cl.Cl.[NaH].[Ti]. The fraction of sp³-hybridized carbons (Fsp3) is 0.900. The Hall–Kier alpha value is 1.14. The Morgan fingerprint density at radius 2 is 1.25 bits per heavy atom. The molecule has 0 saturated heterocycles. The zero-order chi connectivity index (χ0) is 21.6. The van der Waals surface area contributed by atoms with Gasteiger partial charge < -0.3 is 9.47 Å². The van der Waals surface area contributed by atoms with Gasteiger partial charge in [0.15, 0.2) is 5.25 Å². The molecule has 0 aromatic carbocycles. The number of esters is 2. The van der Waals surface area contributed by atoms with Gasteiger partial charge in [-0.05, 0) is 24.7 Å². The van der Waals surface area contributed by atoms with E-state index >= 15 is 0 Å². The first kappa shape index (κ1) is 43.2. The fourth-order valence-corrected chi connectivity index (χ4v) is 3.48. The predicted molar refractivity (Wildman–Crippen MR) is 130 cm³/mol. The van der Waals surface area contributed by atoms with Crippen LogP contribution in [-0.4, -0.2) is 72.9 Å². The molecule has 0 rings (SSSR count). The van der Waals surface area contributed by atoms with Gasteiger partial charge in [0.1, 0.15) is 0 Å². The largest absolute Gasteiger partial charge is 0 e. The molecule has 0 amide bonds. The summed E-state index contributed by atoms with van der Waals surface area (Å²) in [5.74, 6) is -1.61. The van der Waals surface area contributed by atoms with Gasteiger partial charge in [0.25, 0.3) is 10.1 Å². The molecule has 0 aliphatic carbocycles. The summed E-state index contributed by atoms with van der Waals surface area (Å²) in [4.78, 5) is 24.2. The van der Waals surface area contributed by atoms with Crippen molar-refractivity contribution in [2.24, 2.45) is 11.8 Å². The van der Waals surface area contributed by atoms with E-state index in [0.717, 1.165) is 51.4 Å². The Bertz CT molecular complexity index is 568. The average molecular weight is 567 g/mol. The second kappa shape index (κ2) is 25.2. The fourth-order valence-electron chi connectivity index (χ4n) is 2.82. The summed E-state index contributed by atoms with van der Waals surface area (Å²) in [5, 5.41) is -1.95. The number of halogens is 2. The standard InChI is InChI=1S/C20H38O7S.2ClH.Na.Ti.H/c1-5-9-11-16(7-3)14-26-19(21)13-18(28(23,24)25)20(22)27-15-17(8-4)12-10-6-2;;;;;/h16-18H,5-15H2,1-4H3,(H,23,24,25);2*1H;;;. The van der Waals surface area contributed by atoms with Crippen molar-refractivity contribution in [2.45, 2.75) is 90.7 Å². The van der Waals surface area contributed by atoms with Gasteiger partial charge in [0.2, 0.25) is 0 Å². The number of hydrogen-bond donors (Lipinski definition) is 1. The molecular weight excluding hydrogens is 526 g/mol. The zero-order valence-corrected chi connectivity index (χ0v) is 23.1. The van der Waals surface area contributed by atoms with Crippen LogP contribution >= 0.6 is 24.8 Å². The van der Waals surface area contributed by atoms with Crippen molar-refractivity contribution >= 4 is 76.4 Å². The van der Waals surface area contributed by atoms with Gasteiger partial charge in [0.05, 0.1) is 19.6 Å². The molecule has 0 spiro atoms. The summed E-state index contributed by atoms with van der Waals surface area (Å²) in [6.45, 7) is 8.35. The first-order valence-electron chi connectivity index (χ1n) is 10.5. The van der Waals surface area contributed by atoms with E-state index < -0.39 is 33.7 Å². The Labute approximate surface area is 244 Å². The van der Waals surface area contributed by atoms with Gasteiger partial charge in [-0.2, -0.15) is 8.42 Å². The zero-order valence-electron chi connectivity index (χ0n) is 19.1. The van der Waals surface area contributed by atoms with Crippen LogP contribution in [0.4, 0.5) is 0 Å². The maximum atomic E-state index is 12.2. The molecule has 0 aliphatic heterocycles. The number of carbonyl (C=O) groups excluding carboxylic acids is 2. The quantitative estimate of drug-likeness (QED) is 0.168. The van der Waals surface area contributed by atoms with Crippen molar-refractivity contribution < 1.29 is 53.8 Å². The second-order valence-electron chi connectivity index (χ2n) is 7.35. The molecule has 0 saturated carbocycles. The van der Waals surface area contributed by atoms with Gasteiger partial charge in [-0.1, -0.05) is 66.2 Å². The minimum atomic E-state index is -4.76. The molecule has 12 heteroatoms. The monoisotopic (exact) mass is 566 g/mol. The van der Waals surface area contributed by atoms with Gasteiger partial charge >= 0.3 is 41.5 Å². The number of ether oxygens (including phenoxy) is 2. The predicted octanol–water partition coefficient (Wildman–Crippen LogP) is 4.34. The van der Waals surface area contributed by atoms with E-state index in [-0.39, 0.29) is 101 Å². The van der Waals surface area contributed by atoms with E-state index in [9.17, 15) is 22.6 Å². The smallest absolute Gasteiger partial charge is 0 e. The normalized spacial score (nSPS) is 13.0. The molecule has 3 atom stereocenters. The topological polar surface area (TPSA) is 107 Å². The van der Waals surface area contributed by atoms with Crippen LogP contribution < -0.4 is 0 Å². The van der Waals surface area contributed by atoms with E-state index in [2.05, 4.69) is 13.8 Å². The van der Waals surface area contributed by atoms with Crippen molar-refractivity contribution in [3.05, 3.63) is 0 Å². The first-order chi connectivity index (χ1) is 13.2. The van der Waals surface area contributed by atoms with Crippen LogP contribution in [0.25, 0.3) is 0 Å². The molecule has 0 heterocycles. The molecule has 0 aliphatic rings. The van der Waals surface area contributed by atoms with E-state index in [1.807, 2.05) is 13.8 Å². The Morgan fingerprint density at radius 1 is 0.844 bits per heavy atom. The number of rotatable bonds is 16. The molecule has 188 valence electrons.